The van der Waals surface area contributed by atoms with Crippen LogP contribution in [0, 0.1) is 0 Å². The Balaban J connectivity index is 1.54. The highest BCUT2D eigenvalue weighted by molar-refractivity contribution is 6.42. The van der Waals surface area contributed by atoms with Crippen molar-refractivity contribution in [1.82, 2.24) is 5.32 Å². The van der Waals surface area contributed by atoms with Crippen molar-refractivity contribution >= 4 is 34.0 Å². The van der Waals surface area contributed by atoms with Crippen molar-refractivity contribution < 1.29 is 0 Å². The molecular weight excluding hydrogens is 313 g/mol. The van der Waals surface area contributed by atoms with E-state index in [-0.39, 0.29) is 0 Å². The van der Waals surface area contributed by atoms with Crippen molar-refractivity contribution in [3.63, 3.8) is 0 Å². The van der Waals surface area contributed by atoms with Crippen LogP contribution in [0.5, 0.6) is 0 Å². The molecule has 0 fully saturated rings. The number of nitrogens with one attached hydrogen (secondary N) is 1. The van der Waals surface area contributed by atoms with Crippen molar-refractivity contribution in [1.29, 1.82) is 0 Å². The van der Waals surface area contributed by atoms with Gasteiger partial charge in [0, 0.05) is 6.54 Å². The molecule has 1 nitrogen and oxygen atoms in total. The van der Waals surface area contributed by atoms with Gasteiger partial charge in [-0.25, -0.2) is 0 Å². The van der Waals surface area contributed by atoms with Crippen LogP contribution >= 0.6 is 23.2 Å². The fourth-order valence-electron chi connectivity index (χ4n) is 2.51. The molecule has 0 saturated carbocycles. The highest BCUT2D eigenvalue weighted by atomic mass is 35.5. The molecule has 0 spiro atoms. The van der Waals surface area contributed by atoms with Crippen molar-refractivity contribution in [2.24, 2.45) is 0 Å². The van der Waals surface area contributed by atoms with E-state index in [0.29, 0.717) is 10.0 Å². The maximum atomic E-state index is 6.02. The van der Waals surface area contributed by atoms with Crippen LogP contribution in [-0.2, 0) is 13.0 Å². The molecule has 0 aliphatic heterocycles. The molecule has 0 aliphatic rings. The lowest BCUT2D eigenvalue weighted by Crippen LogP contribution is -2.16. The monoisotopic (exact) mass is 329 g/mol. The van der Waals surface area contributed by atoms with E-state index < -0.39 is 0 Å². The van der Waals surface area contributed by atoms with Crippen molar-refractivity contribution in [3.05, 3.63) is 81.8 Å². The Hall–Kier alpha value is -1.54. The minimum atomic E-state index is 0.599. The van der Waals surface area contributed by atoms with Crippen molar-refractivity contribution in [3.8, 4) is 0 Å². The molecule has 0 bridgehead atoms. The molecule has 3 heteroatoms. The quantitative estimate of drug-likeness (QED) is 0.611. The smallest absolute Gasteiger partial charge is 0.0595 e. The van der Waals surface area contributed by atoms with Gasteiger partial charge < -0.3 is 5.32 Å². The van der Waals surface area contributed by atoms with Crippen LogP contribution in [0.25, 0.3) is 10.8 Å². The summed E-state index contributed by atoms with van der Waals surface area (Å²) in [5.74, 6) is 0. The van der Waals surface area contributed by atoms with E-state index in [2.05, 4.69) is 47.8 Å². The molecule has 3 aromatic rings. The summed E-state index contributed by atoms with van der Waals surface area (Å²) in [6, 6.07) is 20.8. The first kappa shape index (κ1) is 15.4. The fraction of sp³-hybridized carbons (Fsp3) is 0.158. The maximum absolute atomic E-state index is 6.02. The Morgan fingerprint density at radius 2 is 1.50 bits per heavy atom. The van der Waals surface area contributed by atoms with Crippen LogP contribution in [0.1, 0.15) is 11.1 Å². The SMILES string of the molecule is Clc1ccc(CNCCc2ccc3ccccc3c2)cc1Cl. The predicted octanol–water partition coefficient (Wildman–Crippen LogP) is 5.48. The van der Waals surface area contributed by atoms with Gasteiger partial charge in [-0.1, -0.05) is 71.7 Å². The summed E-state index contributed by atoms with van der Waals surface area (Å²) in [6.45, 7) is 1.73. The fourth-order valence-corrected chi connectivity index (χ4v) is 2.83. The van der Waals surface area contributed by atoms with Gasteiger partial charge in [0.05, 0.1) is 10.0 Å². The molecule has 0 heterocycles. The number of halogens is 2. The van der Waals surface area contributed by atoms with E-state index in [0.717, 1.165) is 25.1 Å². The van der Waals surface area contributed by atoms with Crippen LogP contribution < -0.4 is 5.32 Å². The van der Waals surface area contributed by atoms with Gasteiger partial charge in [0.2, 0.25) is 0 Å². The van der Waals surface area contributed by atoms with Gasteiger partial charge in [-0.2, -0.15) is 0 Å². The molecule has 112 valence electrons. The number of rotatable bonds is 5. The standard InChI is InChI=1S/C19H17Cl2N/c20-18-8-6-15(12-19(18)21)13-22-10-9-14-5-7-16-3-1-2-4-17(16)11-14/h1-8,11-12,22H,9-10,13H2. The van der Waals surface area contributed by atoms with Crippen LogP contribution in [0.3, 0.4) is 0 Å². The van der Waals surface area contributed by atoms with Gasteiger partial charge in [0.1, 0.15) is 0 Å². The third kappa shape index (κ3) is 3.80. The van der Waals surface area contributed by atoms with E-state index in [9.17, 15) is 0 Å². The number of benzene rings is 3. The minimum absolute atomic E-state index is 0.599. The molecule has 22 heavy (non-hydrogen) atoms. The summed E-state index contributed by atoms with van der Waals surface area (Å²) < 4.78 is 0. The first-order chi connectivity index (χ1) is 10.7. The molecule has 0 atom stereocenters. The maximum Gasteiger partial charge on any atom is 0.0595 e. The third-order valence-electron chi connectivity index (χ3n) is 3.72. The average Bonchev–Trinajstić information content (AvgIpc) is 2.54. The largest absolute Gasteiger partial charge is 0.312 e. The lowest BCUT2D eigenvalue weighted by atomic mass is 10.1. The topological polar surface area (TPSA) is 12.0 Å². The molecule has 0 radical (unpaired) electrons. The summed E-state index contributed by atoms with van der Waals surface area (Å²) in [4.78, 5) is 0. The second-order valence-corrected chi connectivity index (χ2v) is 6.17. The van der Waals surface area contributed by atoms with E-state index in [1.165, 1.54) is 16.3 Å². The van der Waals surface area contributed by atoms with Gasteiger partial charge in [-0.3, -0.25) is 0 Å². The van der Waals surface area contributed by atoms with Gasteiger partial charge in [-0.05, 0) is 47.0 Å². The molecule has 0 aliphatic carbocycles. The summed E-state index contributed by atoms with van der Waals surface area (Å²) in [5.41, 5.74) is 2.49. The Morgan fingerprint density at radius 1 is 0.727 bits per heavy atom. The average molecular weight is 330 g/mol. The second-order valence-electron chi connectivity index (χ2n) is 5.36. The van der Waals surface area contributed by atoms with Gasteiger partial charge in [-0.15, -0.1) is 0 Å². The van der Waals surface area contributed by atoms with Crippen LogP contribution in [0.2, 0.25) is 10.0 Å². The van der Waals surface area contributed by atoms with Crippen LogP contribution in [-0.4, -0.2) is 6.54 Å². The van der Waals surface area contributed by atoms with E-state index >= 15 is 0 Å². The Kier molecular flexibility index (Phi) is 4.99. The number of hydrogen-bond acceptors (Lipinski definition) is 1. The Morgan fingerprint density at radius 3 is 2.32 bits per heavy atom. The zero-order valence-electron chi connectivity index (χ0n) is 12.2. The Labute approximate surface area is 140 Å². The molecule has 3 rings (SSSR count). The number of hydrogen-bond donors (Lipinski definition) is 1. The van der Waals surface area contributed by atoms with Crippen molar-refractivity contribution in [2.75, 3.05) is 6.54 Å². The van der Waals surface area contributed by atoms with Gasteiger partial charge in [0.15, 0.2) is 0 Å². The summed E-state index contributed by atoms with van der Waals surface area (Å²) in [7, 11) is 0. The molecule has 0 saturated heterocycles. The van der Waals surface area contributed by atoms with Gasteiger partial charge in [0.25, 0.3) is 0 Å². The van der Waals surface area contributed by atoms with E-state index in [1.54, 1.807) is 0 Å². The lowest BCUT2D eigenvalue weighted by Gasteiger charge is -2.07. The highest BCUT2D eigenvalue weighted by Crippen LogP contribution is 2.22. The van der Waals surface area contributed by atoms with E-state index in [1.807, 2.05) is 18.2 Å². The van der Waals surface area contributed by atoms with E-state index in [4.69, 9.17) is 23.2 Å². The lowest BCUT2D eigenvalue weighted by molar-refractivity contribution is 0.687. The van der Waals surface area contributed by atoms with Gasteiger partial charge >= 0.3 is 0 Å². The zero-order chi connectivity index (χ0) is 15.4. The third-order valence-corrected chi connectivity index (χ3v) is 4.46. The first-order valence-electron chi connectivity index (χ1n) is 7.35. The first-order valence-corrected chi connectivity index (χ1v) is 8.10. The minimum Gasteiger partial charge on any atom is -0.312 e. The summed E-state index contributed by atoms with van der Waals surface area (Å²) >= 11 is 11.9. The highest BCUT2D eigenvalue weighted by Gasteiger charge is 2.00. The molecule has 0 unspecified atom stereocenters. The second kappa shape index (κ2) is 7.15. The van der Waals surface area contributed by atoms with Crippen molar-refractivity contribution in [2.45, 2.75) is 13.0 Å². The molecule has 0 aromatic heterocycles. The molecule has 3 aromatic carbocycles. The zero-order valence-corrected chi connectivity index (χ0v) is 13.7. The Bertz CT molecular complexity index is 783. The molecule has 0 amide bonds. The predicted molar refractivity (Wildman–Crippen MR) is 95.8 cm³/mol. The normalized spacial score (nSPS) is 11.0. The molecular formula is C19H17Cl2N. The van der Waals surface area contributed by atoms with Crippen LogP contribution in [0.15, 0.2) is 60.7 Å². The number of fused-ring (bicyclic) bond motifs is 1. The van der Waals surface area contributed by atoms with Crippen LogP contribution in [0.4, 0.5) is 0 Å². The summed E-state index contributed by atoms with van der Waals surface area (Å²) in [5, 5.41) is 7.23. The summed E-state index contributed by atoms with van der Waals surface area (Å²) in [6.07, 6.45) is 1.01. The molecule has 1 N–H and O–H groups in total.